The van der Waals surface area contributed by atoms with E-state index in [1.54, 1.807) is 6.92 Å². The number of nitrogens with zero attached hydrogens (tertiary/aromatic N) is 1. The average molecular weight is 221 g/mol. The largest absolute Gasteiger partial charge is 0.481 e. The van der Waals surface area contributed by atoms with Gasteiger partial charge in [-0.25, -0.2) is 5.06 Å². The fourth-order valence-corrected chi connectivity index (χ4v) is 1.58. The van der Waals surface area contributed by atoms with Crippen LogP contribution in [0.3, 0.4) is 0 Å². The Morgan fingerprint density at radius 3 is 2.81 bits per heavy atom. The van der Waals surface area contributed by atoms with E-state index < -0.39 is 6.10 Å². The summed E-state index contributed by atoms with van der Waals surface area (Å²) in [5.41, 5.74) is 0. The van der Waals surface area contributed by atoms with E-state index in [0.29, 0.717) is 18.9 Å². The normalized spacial score (nSPS) is 17.2. The van der Waals surface area contributed by atoms with Gasteiger partial charge in [0.2, 0.25) is 0 Å². The lowest BCUT2D eigenvalue weighted by molar-refractivity contribution is -0.175. The SMILES string of the molecule is CC(Oc1ccccc1)C(=O)N1CCCO1. The molecule has 4 heteroatoms. The maximum absolute atomic E-state index is 11.8. The van der Waals surface area contributed by atoms with Crippen molar-refractivity contribution in [3.8, 4) is 5.75 Å². The number of carbonyl (C=O) groups is 1. The second-order valence-corrected chi connectivity index (χ2v) is 3.70. The van der Waals surface area contributed by atoms with Crippen LogP contribution in [0.15, 0.2) is 30.3 Å². The van der Waals surface area contributed by atoms with Crippen molar-refractivity contribution in [2.75, 3.05) is 13.2 Å². The molecular formula is C12H15NO3. The highest BCUT2D eigenvalue weighted by Gasteiger charge is 2.25. The maximum Gasteiger partial charge on any atom is 0.286 e. The van der Waals surface area contributed by atoms with Crippen LogP contribution in [0.5, 0.6) is 5.75 Å². The number of ether oxygens (including phenoxy) is 1. The number of hydrogen-bond acceptors (Lipinski definition) is 3. The van der Waals surface area contributed by atoms with Crippen molar-refractivity contribution in [2.24, 2.45) is 0 Å². The molecule has 4 nitrogen and oxygen atoms in total. The first-order chi connectivity index (χ1) is 7.77. The predicted octanol–water partition coefficient (Wildman–Crippen LogP) is 1.62. The summed E-state index contributed by atoms with van der Waals surface area (Å²) in [7, 11) is 0. The first-order valence-electron chi connectivity index (χ1n) is 5.43. The summed E-state index contributed by atoms with van der Waals surface area (Å²) in [6.45, 7) is 3.00. The zero-order chi connectivity index (χ0) is 11.4. The van der Waals surface area contributed by atoms with Crippen LogP contribution in [0.1, 0.15) is 13.3 Å². The van der Waals surface area contributed by atoms with Crippen molar-refractivity contribution in [2.45, 2.75) is 19.4 Å². The predicted molar refractivity (Wildman–Crippen MR) is 58.8 cm³/mol. The number of rotatable bonds is 3. The minimum atomic E-state index is -0.513. The maximum atomic E-state index is 11.8. The smallest absolute Gasteiger partial charge is 0.286 e. The summed E-state index contributed by atoms with van der Waals surface area (Å²) in [4.78, 5) is 17.0. The molecule has 1 heterocycles. The summed E-state index contributed by atoms with van der Waals surface area (Å²) >= 11 is 0. The molecule has 0 bridgehead atoms. The van der Waals surface area contributed by atoms with E-state index in [2.05, 4.69) is 0 Å². The van der Waals surface area contributed by atoms with Crippen molar-refractivity contribution in [3.63, 3.8) is 0 Å². The van der Waals surface area contributed by atoms with E-state index in [4.69, 9.17) is 9.57 Å². The van der Waals surface area contributed by atoms with Crippen LogP contribution in [0.2, 0.25) is 0 Å². The third kappa shape index (κ3) is 2.52. The number of benzene rings is 1. The van der Waals surface area contributed by atoms with Crippen LogP contribution < -0.4 is 4.74 Å². The van der Waals surface area contributed by atoms with Gasteiger partial charge in [0, 0.05) is 0 Å². The van der Waals surface area contributed by atoms with Crippen LogP contribution in [-0.4, -0.2) is 30.2 Å². The summed E-state index contributed by atoms with van der Waals surface area (Å²) in [5.74, 6) is 0.573. The van der Waals surface area contributed by atoms with Gasteiger partial charge in [0.05, 0.1) is 13.2 Å². The second-order valence-electron chi connectivity index (χ2n) is 3.70. The number of carbonyl (C=O) groups excluding carboxylic acids is 1. The molecule has 1 saturated heterocycles. The van der Waals surface area contributed by atoms with E-state index in [1.165, 1.54) is 5.06 Å². The molecule has 1 aromatic carbocycles. The highest BCUT2D eigenvalue weighted by atomic mass is 16.7. The van der Waals surface area contributed by atoms with Crippen molar-refractivity contribution >= 4 is 5.91 Å². The molecular weight excluding hydrogens is 206 g/mol. The molecule has 0 aromatic heterocycles. The summed E-state index contributed by atoms with van der Waals surface area (Å²) in [5, 5.41) is 1.38. The van der Waals surface area contributed by atoms with E-state index in [1.807, 2.05) is 30.3 Å². The van der Waals surface area contributed by atoms with Crippen LogP contribution in [0, 0.1) is 0 Å². The Balaban J connectivity index is 1.92. The first-order valence-corrected chi connectivity index (χ1v) is 5.43. The van der Waals surface area contributed by atoms with Gasteiger partial charge < -0.3 is 4.74 Å². The van der Waals surface area contributed by atoms with Crippen molar-refractivity contribution < 1.29 is 14.4 Å². The Kier molecular flexibility index (Phi) is 3.41. The molecule has 0 aliphatic carbocycles. The molecule has 16 heavy (non-hydrogen) atoms. The molecule has 86 valence electrons. The van der Waals surface area contributed by atoms with Gasteiger partial charge in [0.15, 0.2) is 6.10 Å². The Bertz CT molecular complexity index is 347. The molecule has 1 aliphatic rings. The van der Waals surface area contributed by atoms with E-state index in [0.717, 1.165) is 6.42 Å². The first kappa shape index (κ1) is 11.0. The van der Waals surface area contributed by atoms with Gasteiger partial charge in [0.1, 0.15) is 5.75 Å². The van der Waals surface area contributed by atoms with Crippen molar-refractivity contribution in [1.82, 2.24) is 5.06 Å². The highest BCUT2D eigenvalue weighted by molar-refractivity contribution is 5.80. The third-order valence-electron chi connectivity index (χ3n) is 2.40. The number of hydroxylamine groups is 2. The molecule has 0 N–H and O–H groups in total. The molecule has 1 fully saturated rings. The molecule has 1 amide bonds. The average Bonchev–Trinajstić information content (AvgIpc) is 2.83. The Labute approximate surface area is 94.7 Å². The van der Waals surface area contributed by atoms with Gasteiger partial charge >= 0.3 is 0 Å². The fourth-order valence-electron chi connectivity index (χ4n) is 1.58. The minimum absolute atomic E-state index is 0.124. The summed E-state index contributed by atoms with van der Waals surface area (Å²) < 4.78 is 5.52. The number of para-hydroxylation sites is 1. The van der Waals surface area contributed by atoms with Crippen LogP contribution in [0.25, 0.3) is 0 Å². The van der Waals surface area contributed by atoms with Gasteiger partial charge in [-0.15, -0.1) is 0 Å². The second kappa shape index (κ2) is 4.99. The highest BCUT2D eigenvalue weighted by Crippen LogP contribution is 2.13. The molecule has 0 saturated carbocycles. The Hall–Kier alpha value is -1.55. The lowest BCUT2D eigenvalue weighted by Gasteiger charge is -2.19. The van der Waals surface area contributed by atoms with E-state index in [9.17, 15) is 4.79 Å². The van der Waals surface area contributed by atoms with Crippen LogP contribution in [0.4, 0.5) is 0 Å². The number of hydrogen-bond donors (Lipinski definition) is 0. The quantitative estimate of drug-likeness (QED) is 0.778. The molecule has 1 aromatic rings. The zero-order valence-corrected chi connectivity index (χ0v) is 9.26. The zero-order valence-electron chi connectivity index (χ0n) is 9.26. The molecule has 0 spiro atoms. The monoisotopic (exact) mass is 221 g/mol. The molecule has 1 unspecified atom stereocenters. The molecule has 1 atom stereocenters. The fraction of sp³-hybridized carbons (Fsp3) is 0.417. The third-order valence-corrected chi connectivity index (χ3v) is 2.40. The minimum Gasteiger partial charge on any atom is -0.481 e. The van der Waals surface area contributed by atoms with Crippen molar-refractivity contribution in [3.05, 3.63) is 30.3 Å². The van der Waals surface area contributed by atoms with Gasteiger partial charge in [-0.3, -0.25) is 9.63 Å². The van der Waals surface area contributed by atoms with E-state index >= 15 is 0 Å². The lowest BCUT2D eigenvalue weighted by Crippen LogP contribution is -2.37. The van der Waals surface area contributed by atoms with E-state index in [-0.39, 0.29) is 5.91 Å². The Morgan fingerprint density at radius 2 is 2.19 bits per heavy atom. The van der Waals surface area contributed by atoms with Gasteiger partial charge in [0.25, 0.3) is 5.91 Å². The summed E-state index contributed by atoms with van der Waals surface area (Å²) in [6, 6.07) is 9.31. The van der Waals surface area contributed by atoms with Gasteiger partial charge in [-0.1, -0.05) is 18.2 Å². The van der Waals surface area contributed by atoms with Crippen LogP contribution in [-0.2, 0) is 9.63 Å². The standard InChI is InChI=1S/C12H15NO3/c1-10(12(14)13-8-5-9-15-13)16-11-6-3-2-4-7-11/h2-4,6-7,10H,5,8-9H2,1H3. The Morgan fingerprint density at radius 1 is 1.44 bits per heavy atom. The van der Waals surface area contributed by atoms with Gasteiger partial charge in [-0.05, 0) is 25.5 Å². The van der Waals surface area contributed by atoms with Crippen LogP contribution >= 0.6 is 0 Å². The number of amides is 1. The summed E-state index contributed by atoms with van der Waals surface area (Å²) in [6.07, 6.45) is 0.379. The topological polar surface area (TPSA) is 38.8 Å². The molecule has 0 radical (unpaired) electrons. The van der Waals surface area contributed by atoms with Crippen molar-refractivity contribution in [1.29, 1.82) is 0 Å². The molecule has 1 aliphatic heterocycles. The molecule has 2 rings (SSSR count). The lowest BCUT2D eigenvalue weighted by atomic mass is 10.3. The van der Waals surface area contributed by atoms with Gasteiger partial charge in [-0.2, -0.15) is 0 Å².